The third kappa shape index (κ3) is 3.77. The second-order valence-corrected chi connectivity index (χ2v) is 6.92. The molecule has 2 aromatic rings. The lowest BCUT2D eigenvalue weighted by Crippen LogP contribution is -2.00. The third-order valence-electron chi connectivity index (χ3n) is 4.26. The Bertz CT molecular complexity index is 615. The first kappa shape index (κ1) is 16.3. The van der Waals surface area contributed by atoms with Gasteiger partial charge in [-0.2, -0.15) is 0 Å². The first-order chi connectivity index (χ1) is 9.92. The van der Waals surface area contributed by atoms with Gasteiger partial charge < -0.3 is 0 Å². The number of hydrogen-bond acceptors (Lipinski definition) is 0. The molecule has 0 saturated heterocycles. The molecule has 2 aromatic carbocycles. The summed E-state index contributed by atoms with van der Waals surface area (Å²) >= 11 is 3.55. The van der Waals surface area contributed by atoms with Gasteiger partial charge in [0.2, 0.25) is 0 Å². The fourth-order valence-electron chi connectivity index (χ4n) is 3.07. The van der Waals surface area contributed by atoms with Crippen molar-refractivity contribution in [2.24, 2.45) is 0 Å². The lowest BCUT2D eigenvalue weighted by molar-refractivity contribution is 0.852. The Labute approximate surface area is 137 Å². The van der Waals surface area contributed by atoms with E-state index in [1.807, 2.05) is 0 Å². The van der Waals surface area contributed by atoms with E-state index in [9.17, 15) is 0 Å². The lowest BCUT2D eigenvalue weighted by atomic mass is 9.90. The van der Waals surface area contributed by atoms with Crippen LogP contribution in [0.4, 0.5) is 0 Å². The van der Waals surface area contributed by atoms with Crippen LogP contribution >= 0.6 is 15.9 Å². The third-order valence-corrected chi connectivity index (χ3v) is 4.90. The lowest BCUT2D eigenvalue weighted by Gasteiger charge is -2.15. The van der Waals surface area contributed by atoms with Gasteiger partial charge in [0, 0.05) is 5.33 Å². The molecule has 0 aliphatic rings. The van der Waals surface area contributed by atoms with Gasteiger partial charge in [0.1, 0.15) is 0 Å². The molecule has 0 bridgehead atoms. The smallest absolute Gasteiger partial charge is 0.0283 e. The molecule has 0 aromatic heterocycles. The monoisotopic (exact) mass is 344 g/mol. The Kier molecular flexibility index (Phi) is 5.27. The minimum Gasteiger partial charge on any atom is -0.0876 e. The summed E-state index contributed by atoms with van der Waals surface area (Å²) in [7, 11) is 0. The van der Waals surface area contributed by atoms with Crippen LogP contribution in [0.3, 0.4) is 0 Å². The van der Waals surface area contributed by atoms with Crippen molar-refractivity contribution < 1.29 is 0 Å². The highest BCUT2D eigenvalue weighted by molar-refractivity contribution is 9.08. The molecule has 0 amide bonds. The van der Waals surface area contributed by atoms with Gasteiger partial charge in [0.25, 0.3) is 0 Å². The molecule has 0 spiro atoms. The first-order valence-electron chi connectivity index (χ1n) is 7.66. The molecule has 1 heteroatoms. The van der Waals surface area contributed by atoms with Crippen LogP contribution in [0, 0.1) is 20.8 Å². The number of benzene rings is 2. The summed E-state index contributed by atoms with van der Waals surface area (Å²) in [6.45, 7) is 11.2. The molecule has 0 radical (unpaired) electrons. The van der Waals surface area contributed by atoms with Crippen LogP contribution in [0.15, 0.2) is 30.3 Å². The van der Waals surface area contributed by atoms with Crippen LogP contribution in [0.25, 0.3) is 0 Å². The first-order valence-corrected chi connectivity index (χ1v) is 8.79. The van der Waals surface area contributed by atoms with E-state index in [1.54, 1.807) is 0 Å². The molecule has 112 valence electrons. The standard InChI is InChI=1S/C20H25Br/c1-13(2)19-10-17(7-6-14(19)3)11-20-15(4)8-18(12-21)9-16(20)5/h6-10,13H,11-12H2,1-5H3. The van der Waals surface area contributed by atoms with Crippen molar-refractivity contribution >= 4 is 15.9 Å². The molecule has 0 atom stereocenters. The van der Waals surface area contributed by atoms with Crippen molar-refractivity contribution in [3.05, 3.63) is 69.3 Å². The molecule has 0 heterocycles. The van der Waals surface area contributed by atoms with Crippen molar-refractivity contribution in [2.45, 2.75) is 52.3 Å². The van der Waals surface area contributed by atoms with Crippen LogP contribution < -0.4 is 0 Å². The van der Waals surface area contributed by atoms with E-state index in [1.165, 1.54) is 38.9 Å². The highest BCUT2D eigenvalue weighted by Gasteiger charge is 2.09. The number of hydrogen-bond donors (Lipinski definition) is 0. The largest absolute Gasteiger partial charge is 0.0876 e. The average Bonchev–Trinajstić information content (AvgIpc) is 2.43. The van der Waals surface area contributed by atoms with E-state index in [0.29, 0.717) is 5.92 Å². The van der Waals surface area contributed by atoms with Crippen LogP contribution in [0.1, 0.15) is 58.7 Å². The van der Waals surface area contributed by atoms with Gasteiger partial charge >= 0.3 is 0 Å². The average molecular weight is 345 g/mol. The predicted octanol–water partition coefficient (Wildman–Crippen LogP) is 6.22. The Hall–Kier alpha value is -1.08. The second kappa shape index (κ2) is 6.79. The van der Waals surface area contributed by atoms with E-state index in [-0.39, 0.29) is 0 Å². The van der Waals surface area contributed by atoms with Crippen LogP contribution in [0.5, 0.6) is 0 Å². The van der Waals surface area contributed by atoms with E-state index in [0.717, 1.165) is 11.8 Å². The fourth-order valence-corrected chi connectivity index (χ4v) is 3.39. The SMILES string of the molecule is Cc1ccc(Cc2c(C)cc(CBr)cc2C)cc1C(C)C. The molecule has 0 fully saturated rings. The topological polar surface area (TPSA) is 0 Å². The second-order valence-electron chi connectivity index (χ2n) is 6.36. The van der Waals surface area contributed by atoms with Gasteiger partial charge in [-0.3, -0.25) is 0 Å². The summed E-state index contributed by atoms with van der Waals surface area (Å²) in [6, 6.07) is 11.5. The van der Waals surface area contributed by atoms with Gasteiger partial charge in [-0.15, -0.1) is 0 Å². The molecular weight excluding hydrogens is 320 g/mol. The molecule has 0 N–H and O–H groups in total. The fraction of sp³-hybridized carbons (Fsp3) is 0.400. The zero-order chi connectivity index (χ0) is 15.6. The molecule has 21 heavy (non-hydrogen) atoms. The summed E-state index contributed by atoms with van der Waals surface area (Å²) in [6.07, 6.45) is 1.03. The number of alkyl halides is 1. The van der Waals surface area contributed by atoms with Crippen molar-refractivity contribution in [1.29, 1.82) is 0 Å². The highest BCUT2D eigenvalue weighted by Crippen LogP contribution is 2.25. The molecule has 0 aliphatic heterocycles. The highest BCUT2D eigenvalue weighted by atomic mass is 79.9. The minimum atomic E-state index is 0.586. The number of rotatable bonds is 4. The maximum absolute atomic E-state index is 3.55. The van der Waals surface area contributed by atoms with Gasteiger partial charge in [-0.25, -0.2) is 0 Å². The normalized spacial score (nSPS) is 11.2. The summed E-state index contributed by atoms with van der Waals surface area (Å²) in [5, 5.41) is 0.928. The van der Waals surface area contributed by atoms with Crippen molar-refractivity contribution in [3.63, 3.8) is 0 Å². The summed E-state index contributed by atoms with van der Waals surface area (Å²) in [5.74, 6) is 0.586. The van der Waals surface area contributed by atoms with Crippen molar-refractivity contribution in [1.82, 2.24) is 0 Å². The molecule has 0 nitrogen and oxygen atoms in total. The Morgan fingerprint density at radius 2 is 1.48 bits per heavy atom. The summed E-state index contributed by atoms with van der Waals surface area (Å²) in [4.78, 5) is 0. The molecule has 0 saturated carbocycles. The predicted molar refractivity (Wildman–Crippen MR) is 96.6 cm³/mol. The number of halogens is 1. The van der Waals surface area contributed by atoms with Crippen molar-refractivity contribution in [2.75, 3.05) is 0 Å². The minimum absolute atomic E-state index is 0.586. The quantitative estimate of drug-likeness (QED) is 0.577. The van der Waals surface area contributed by atoms with E-state index in [4.69, 9.17) is 0 Å². The Morgan fingerprint density at radius 1 is 0.857 bits per heavy atom. The summed E-state index contributed by atoms with van der Waals surface area (Å²) < 4.78 is 0. The van der Waals surface area contributed by atoms with Gasteiger partial charge in [-0.1, -0.05) is 60.1 Å². The van der Waals surface area contributed by atoms with Crippen LogP contribution in [0.2, 0.25) is 0 Å². The van der Waals surface area contributed by atoms with Crippen molar-refractivity contribution in [3.8, 4) is 0 Å². The Morgan fingerprint density at radius 3 is 2.00 bits per heavy atom. The van der Waals surface area contributed by atoms with Crippen LogP contribution in [-0.4, -0.2) is 0 Å². The number of aryl methyl sites for hydroxylation is 3. The zero-order valence-corrected chi connectivity index (χ0v) is 15.3. The van der Waals surface area contributed by atoms with E-state index >= 15 is 0 Å². The molecule has 2 rings (SSSR count). The Balaban J connectivity index is 2.37. The van der Waals surface area contributed by atoms with Gasteiger partial charge in [-0.05, 0) is 72.1 Å². The molecular formula is C20H25Br. The van der Waals surface area contributed by atoms with E-state index in [2.05, 4.69) is 80.9 Å². The zero-order valence-electron chi connectivity index (χ0n) is 13.8. The maximum Gasteiger partial charge on any atom is 0.0283 e. The van der Waals surface area contributed by atoms with E-state index < -0.39 is 0 Å². The maximum atomic E-state index is 3.55. The van der Waals surface area contributed by atoms with Gasteiger partial charge in [0.15, 0.2) is 0 Å². The van der Waals surface area contributed by atoms with Crippen LogP contribution in [-0.2, 0) is 11.8 Å². The van der Waals surface area contributed by atoms with Gasteiger partial charge in [0.05, 0.1) is 0 Å². The summed E-state index contributed by atoms with van der Waals surface area (Å²) in [5.41, 5.74) is 9.92. The molecule has 0 aliphatic carbocycles. The molecule has 0 unspecified atom stereocenters.